The van der Waals surface area contributed by atoms with Crippen molar-refractivity contribution in [3.8, 4) is 22.7 Å². The van der Waals surface area contributed by atoms with E-state index in [1.807, 2.05) is 0 Å². The molecular formula is C51H32N6. The van der Waals surface area contributed by atoms with Crippen LogP contribution in [0.3, 0.4) is 0 Å². The molecule has 0 radical (unpaired) electrons. The fourth-order valence-corrected chi connectivity index (χ4v) is 9.53. The zero-order valence-electron chi connectivity index (χ0n) is 30.7. The van der Waals surface area contributed by atoms with Gasteiger partial charge in [0.25, 0.3) is 0 Å². The lowest BCUT2D eigenvalue weighted by molar-refractivity contribution is 1.09. The van der Waals surface area contributed by atoms with E-state index in [0.29, 0.717) is 0 Å². The third-order valence-electron chi connectivity index (χ3n) is 11.9. The number of benzene rings is 8. The molecule has 0 atom stereocenters. The topological polar surface area (TPSA) is 37.0 Å². The fourth-order valence-electron chi connectivity index (χ4n) is 9.53. The van der Waals surface area contributed by atoms with E-state index in [1.54, 1.807) is 0 Å². The number of rotatable bonds is 4. The van der Waals surface area contributed by atoms with E-state index in [4.69, 9.17) is 4.98 Å². The van der Waals surface area contributed by atoms with Gasteiger partial charge in [-0.1, -0.05) is 109 Å². The summed E-state index contributed by atoms with van der Waals surface area (Å²) in [7, 11) is 0. The molecule has 0 bridgehead atoms. The molecule has 8 aromatic carbocycles. The molecule has 57 heavy (non-hydrogen) atoms. The lowest BCUT2D eigenvalue weighted by Crippen LogP contribution is -1.98. The van der Waals surface area contributed by atoms with Crippen LogP contribution in [0.15, 0.2) is 194 Å². The lowest BCUT2D eigenvalue weighted by Gasteiger charge is -2.11. The molecule has 266 valence electrons. The molecule has 6 heteroatoms. The second-order valence-corrected chi connectivity index (χ2v) is 14.9. The second kappa shape index (κ2) is 11.4. The molecule has 6 nitrogen and oxygen atoms in total. The van der Waals surface area contributed by atoms with Gasteiger partial charge >= 0.3 is 0 Å². The van der Waals surface area contributed by atoms with Gasteiger partial charge in [0.15, 0.2) is 5.65 Å². The van der Waals surface area contributed by atoms with Crippen molar-refractivity contribution in [3.05, 3.63) is 194 Å². The highest BCUT2D eigenvalue weighted by atomic mass is 15.2. The van der Waals surface area contributed by atoms with Crippen LogP contribution in [0.25, 0.3) is 105 Å². The number of hydrogen-bond acceptors (Lipinski definition) is 1. The Labute approximate surface area is 325 Å². The molecular weight excluding hydrogens is 697 g/mol. The average Bonchev–Trinajstić information content (AvgIpc) is 4.05. The Kier molecular flexibility index (Phi) is 6.07. The largest absolute Gasteiger partial charge is 0.309 e. The minimum Gasteiger partial charge on any atom is -0.309 e. The summed E-state index contributed by atoms with van der Waals surface area (Å²) in [5.74, 6) is 0.881. The summed E-state index contributed by atoms with van der Waals surface area (Å²) in [4.78, 5) is 5.49. The zero-order valence-corrected chi connectivity index (χ0v) is 30.7. The van der Waals surface area contributed by atoms with Crippen molar-refractivity contribution in [1.29, 1.82) is 0 Å². The van der Waals surface area contributed by atoms with Crippen molar-refractivity contribution in [3.63, 3.8) is 0 Å². The molecule has 0 spiro atoms. The summed E-state index contributed by atoms with van der Waals surface area (Å²) in [6.07, 6.45) is 0. The zero-order chi connectivity index (χ0) is 37.2. The van der Waals surface area contributed by atoms with E-state index < -0.39 is 0 Å². The maximum Gasteiger partial charge on any atom is 0.222 e. The first-order valence-corrected chi connectivity index (χ1v) is 19.4. The number of fused-ring (bicyclic) bond motifs is 13. The Morgan fingerprint density at radius 2 is 0.719 bits per heavy atom. The normalized spacial score (nSPS) is 12.2. The maximum atomic E-state index is 5.49. The van der Waals surface area contributed by atoms with Gasteiger partial charge in [0, 0.05) is 49.7 Å². The Bertz CT molecular complexity index is 3690. The first-order chi connectivity index (χ1) is 28.3. The van der Waals surface area contributed by atoms with Gasteiger partial charge < -0.3 is 9.13 Å². The van der Waals surface area contributed by atoms with E-state index in [1.165, 1.54) is 43.5 Å². The summed E-state index contributed by atoms with van der Waals surface area (Å²) < 4.78 is 11.8. The van der Waals surface area contributed by atoms with Gasteiger partial charge in [-0.25, -0.2) is 0 Å². The fraction of sp³-hybridized carbons (Fsp3) is 0. The molecule has 5 aromatic heterocycles. The average molecular weight is 729 g/mol. The van der Waals surface area contributed by atoms with E-state index in [2.05, 4.69) is 217 Å². The van der Waals surface area contributed by atoms with Crippen molar-refractivity contribution >= 4 is 82.5 Å². The molecule has 0 saturated carbocycles. The molecule has 0 aliphatic carbocycles. The molecule has 0 aliphatic heterocycles. The molecule has 13 aromatic rings. The molecule has 0 fully saturated rings. The van der Waals surface area contributed by atoms with Crippen molar-refractivity contribution in [2.75, 3.05) is 0 Å². The minimum atomic E-state index is 0.881. The van der Waals surface area contributed by atoms with E-state index in [-0.39, 0.29) is 0 Å². The Hall–Kier alpha value is -7.83. The predicted octanol–water partition coefficient (Wildman–Crippen LogP) is 12.6. The van der Waals surface area contributed by atoms with Crippen LogP contribution >= 0.6 is 0 Å². The van der Waals surface area contributed by atoms with Crippen molar-refractivity contribution < 1.29 is 0 Å². The summed E-state index contributed by atoms with van der Waals surface area (Å²) >= 11 is 0. The smallest absolute Gasteiger partial charge is 0.222 e. The van der Waals surface area contributed by atoms with Gasteiger partial charge in [0.05, 0.1) is 38.6 Å². The molecule has 0 aliphatic rings. The van der Waals surface area contributed by atoms with Crippen LogP contribution in [-0.2, 0) is 0 Å². The SMILES string of the molecule is c1ccc(-n2c3ccccc3c3c2nc2n(-c4ccccc4)c4cc(-n5c6ccccc6c6cc(-n7c8ccccc8c8ccccc87)ccc65)ccc4n32)cc1. The Balaban J connectivity index is 1.09. The van der Waals surface area contributed by atoms with Crippen molar-refractivity contribution in [2.24, 2.45) is 0 Å². The Morgan fingerprint density at radius 1 is 0.281 bits per heavy atom. The number of para-hydroxylation sites is 6. The first kappa shape index (κ1) is 30.5. The van der Waals surface area contributed by atoms with Gasteiger partial charge in [-0.05, 0) is 84.9 Å². The quantitative estimate of drug-likeness (QED) is 0.178. The number of nitrogens with zero attached hydrogens (tertiary/aromatic N) is 6. The highest BCUT2D eigenvalue weighted by Gasteiger charge is 2.24. The van der Waals surface area contributed by atoms with E-state index in [9.17, 15) is 0 Å². The molecule has 0 saturated heterocycles. The predicted molar refractivity (Wildman–Crippen MR) is 235 cm³/mol. The summed E-state index contributed by atoms with van der Waals surface area (Å²) in [5, 5.41) is 6.13. The molecule has 0 N–H and O–H groups in total. The molecule has 5 heterocycles. The number of aromatic nitrogens is 6. The van der Waals surface area contributed by atoms with Crippen LogP contribution in [0.4, 0.5) is 0 Å². The Morgan fingerprint density at radius 3 is 1.32 bits per heavy atom. The van der Waals surface area contributed by atoms with Gasteiger partial charge in [0.2, 0.25) is 5.78 Å². The third-order valence-corrected chi connectivity index (χ3v) is 11.9. The number of hydrogen-bond donors (Lipinski definition) is 0. The third kappa shape index (κ3) is 4.10. The highest BCUT2D eigenvalue weighted by Crippen LogP contribution is 2.40. The standard InChI is InChI=1S/C51H32N6/c1-3-15-33(16-4-1)55-45-26-14-10-22-40(45)49-50(55)52-51-56(34-17-5-2-6-18-34)48-32-36(28-30-47(48)57(49)51)54-44-25-13-9-21-39(44)41-31-35(27-29-46(41)54)53-42-23-11-7-19-37(42)38-20-8-12-24-43(38)53/h1-32H. The molecule has 13 rings (SSSR count). The van der Waals surface area contributed by atoms with Crippen molar-refractivity contribution in [2.45, 2.75) is 0 Å². The van der Waals surface area contributed by atoms with Gasteiger partial charge in [-0.2, -0.15) is 4.98 Å². The van der Waals surface area contributed by atoms with Crippen LogP contribution in [-0.4, -0.2) is 27.7 Å². The van der Waals surface area contributed by atoms with Crippen LogP contribution in [0.5, 0.6) is 0 Å². The van der Waals surface area contributed by atoms with Crippen LogP contribution < -0.4 is 0 Å². The van der Waals surface area contributed by atoms with Crippen LogP contribution in [0.2, 0.25) is 0 Å². The summed E-state index contributed by atoms with van der Waals surface area (Å²) in [6.45, 7) is 0. The summed E-state index contributed by atoms with van der Waals surface area (Å²) in [6, 6.07) is 69.9. The van der Waals surface area contributed by atoms with Gasteiger partial charge in [0.1, 0.15) is 5.52 Å². The minimum absolute atomic E-state index is 0.881. The highest BCUT2D eigenvalue weighted by molar-refractivity contribution is 6.13. The van der Waals surface area contributed by atoms with Crippen molar-refractivity contribution in [1.82, 2.24) is 27.7 Å². The molecule has 0 amide bonds. The van der Waals surface area contributed by atoms with E-state index in [0.717, 1.165) is 61.8 Å². The lowest BCUT2D eigenvalue weighted by atomic mass is 10.1. The van der Waals surface area contributed by atoms with Crippen LogP contribution in [0.1, 0.15) is 0 Å². The van der Waals surface area contributed by atoms with Gasteiger partial charge in [-0.15, -0.1) is 0 Å². The first-order valence-electron chi connectivity index (χ1n) is 19.4. The number of imidazole rings is 2. The summed E-state index contributed by atoms with van der Waals surface area (Å²) in [5.41, 5.74) is 14.5. The van der Waals surface area contributed by atoms with Gasteiger partial charge in [-0.3, -0.25) is 13.5 Å². The van der Waals surface area contributed by atoms with E-state index >= 15 is 0 Å². The maximum absolute atomic E-state index is 5.49. The molecule has 0 unspecified atom stereocenters. The monoisotopic (exact) mass is 728 g/mol. The second-order valence-electron chi connectivity index (χ2n) is 14.9. The van der Waals surface area contributed by atoms with Crippen LogP contribution in [0, 0.1) is 0 Å².